The van der Waals surface area contributed by atoms with E-state index < -0.39 is 5.82 Å². The molecule has 6 nitrogen and oxygen atoms in total. The van der Waals surface area contributed by atoms with Crippen LogP contribution in [0, 0.1) is 12.7 Å². The number of likely N-dealkylation sites (tertiary alicyclic amines) is 1. The molecule has 0 aliphatic carbocycles. The van der Waals surface area contributed by atoms with Gasteiger partial charge in [-0.2, -0.15) is 0 Å². The molecule has 1 aromatic heterocycles. The molecule has 1 aliphatic rings. The SMILES string of the molecule is Cc1nc(N)cc(C2CCCN2C(=O)COc2cccc(F)c2)n1. The number of aromatic nitrogens is 2. The predicted octanol–water partition coefficient (Wildman–Crippen LogP) is 2.25. The minimum absolute atomic E-state index is 0.127. The van der Waals surface area contributed by atoms with Gasteiger partial charge < -0.3 is 15.4 Å². The molecule has 0 radical (unpaired) electrons. The largest absolute Gasteiger partial charge is 0.484 e. The predicted molar refractivity (Wildman–Crippen MR) is 86.8 cm³/mol. The Hall–Kier alpha value is -2.70. The number of benzene rings is 1. The smallest absolute Gasteiger partial charge is 0.261 e. The summed E-state index contributed by atoms with van der Waals surface area (Å²) in [6.45, 7) is 2.27. The average molecular weight is 330 g/mol. The van der Waals surface area contributed by atoms with E-state index in [0.29, 0.717) is 23.9 Å². The zero-order chi connectivity index (χ0) is 17.1. The number of anilines is 1. The summed E-state index contributed by atoms with van der Waals surface area (Å²) in [5, 5.41) is 0. The zero-order valence-electron chi connectivity index (χ0n) is 13.4. The van der Waals surface area contributed by atoms with Crippen LogP contribution >= 0.6 is 0 Å². The molecule has 2 N–H and O–H groups in total. The fourth-order valence-corrected chi connectivity index (χ4v) is 2.94. The maximum absolute atomic E-state index is 13.2. The molecule has 0 bridgehead atoms. The van der Waals surface area contributed by atoms with Gasteiger partial charge in [0.15, 0.2) is 6.61 Å². The van der Waals surface area contributed by atoms with Crippen LogP contribution < -0.4 is 10.5 Å². The molecule has 126 valence electrons. The second-order valence-corrected chi connectivity index (χ2v) is 5.76. The van der Waals surface area contributed by atoms with E-state index in [2.05, 4.69) is 9.97 Å². The number of nitrogens with two attached hydrogens (primary N) is 1. The topological polar surface area (TPSA) is 81.3 Å². The van der Waals surface area contributed by atoms with Gasteiger partial charge in [0, 0.05) is 18.7 Å². The molecule has 2 aromatic rings. The third-order valence-electron chi connectivity index (χ3n) is 3.95. The number of amides is 1. The van der Waals surface area contributed by atoms with Crippen molar-refractivity contribution < 1.29 is 13.9 Å². The Labute approximate surface area is 139 Å². The van der Waals surface area contributed by atoms with Gasteiger partial charge in [-0.3, -0.25) is 4.79 Å². The molecule has 1 aromatic carbocycles. The lowest BCUT2D eigenvalue weighted by molar-refractivity contribution is -0.134. The molecule has 3 rings (SSSR count). The van der Waals surface area contributed by atoms with Crippen LogP contribution in [0.3, 0.4) is 0 Å². The van der Waals surface area contributed by atoms with Crippen LogP contribution in [0.5, 0.6) is 5.75 Å². The molecular formula is C17H19FN4O2. The van der Waals surface area contributed by atoms with Gasteiger partial charge in [0.05, 0.1) is 11.7 Å². The van der Waals surface area contributed by atoms with E-state index in [1.54, 1.807) is 30.0 Å². The highest BCUT2D eigenvalue weighted by Crippen LogP contribution is 2.31. The second kappa shape index (κ2) is 6.82. The lowest BCUT2D eigenvalue weighted by Crippen LogP contribution is -2.35. The molecule has 1 amide bonds. The van der Waals surface area contributed by atoms with Crippen molar-refractivity contribution >= 4 is 11.7 Å². The number of hydrogen-bond acceptors (Lipinski definition) is 5. The highest BCUT2D eigenvalue weighted by Gasteiger charge is 2.31. The molecule has 0 saturated carbocycles. The standard InChI is InChI=1S/C17H19FN4O2/c1-11-20-14(9-16(19)21-11)15-6-3-7-22(15)17(23)10-24-13-5-2-4-12(18)8-13/h2,4-5,8-9,15H,3,6-7,10H2,1H3,(H2,19,20,21). The van der Waals surface area contributed by atoms with Crippen LogP contribution in [0.25, 0.3) is 0 Å². The van der Waals surface area contributed by atoms with Crippen LogP contribution in [0.4, 0.5) is 10.2 Å². The Morgan fingerprint density at radius 1 is 1.42 bits per heavy atom. The van der Waals surface area contributed by atoms with Gasteiger partial charge in [-0.05, 0) is 31.9 Å². The first-order chi connectivity index (χ1) is 11.5. The number of nitrogens with zero attached hydrogens (tertiary/aromatic N) is 3. The number of ether oxygens (including phenoxy) is 1. The Kier molecular flexibility index (Phi) is 4.59. The average Bonchev–Trinajstić information content (AvgIpc) is 3.01. The molecular weight excluding hydrogens is 311 g/mol. The molecule has 2 heterocycles. The Bertz CT molecular complexity index is 733. The van der Waals surface area contributed by atoms with E-state index in [1.807, 2.05) is 0 Å². The van der Waals surface area contributed by atoms with E-state index in [-0.39, 0.29) is 18.6 Å². The van der Waals surface area contributed by atoms with Gasteiger partial charge in [0.25, 0.3) is 5.91 Å². The number of carbonyl (C=O) groups is 1. The number of hydrogen-bond donors (Lipinski definition) is 1. The fraction of sp³-hybridized carbons (Fsp3) is 0.353. The van der Waals surface area contributed by atoms with E-state index in [0.717, 1.165) is 18.5 Å². The van der Waals surface area contributed by atoms with Crippen molar-refractivity contribution in [2.24, 2.45) is 0 Å². The summed E-state index contributed by atoms with van der Waals surface area (Å²) >= 11 is 0. The normalized spacial score (nSPS) is 17.1. The molecule has 1 unspecified atom stereocenters. The molecule has 1 atom stereocenters. The van der Waals surface area contributed by atoms with Crippen molar-refractivity contribution in [2.45, 2.75) is 25.8 Å². The number of carbonyl (C=O) groups excluding carboxylic acids is 1. The third kappa shape index (κ3) is 3.61. The van der Waals surface area contributed by atoms with Crippen LogP contribution in [0.2, 0.25) is 0 Å². The van der Waals surface area contributed by atoms with E-state index in [1.165, 1.54) is 12.1 Å². The summed E-state index contributed by atoms with van der Waals surface area (Å²) in [6, 6.07) is 7.32. The summed E-state index contributed by atoms with van der Waals surface area (Å²) in [5.41, 5.74) is 6.53. The third-order valence-corrected chi connectivity index (χ3v) is 3.95. The summed E-state index contributed by atoms with van der Waals surface area (Å²) in [7, 11) is 0. The molecule has 24 heavy (non-hydrogen) atoms. The van der Waals surface area contributed by atoms with E-state index in [4.69, 9.17) is 10.5 Å². The van der Waals surface area contributed by atoms with E-state index >= 15 is 0 Å². The van der Waals surface area contributed by atoms with Crippen molar-refractivity contribution in [3.05, 3.63) is 47.7 Å². The number of rotatable bonds is 4. The van der Waals surface area contributed by atoms with Crippen LogP contribution in [-0.2, 0) is 4.79 Å². The van der Waals surface area contributed by atoms with Crippen LogP contribution in [-0.4, -0.2) is 33.9 Å². The first kappa shape index (κ1) is 16.2. The van der Waals surface area contributed by atoms with Gasteiger partial charge in [0.1, 0.15) is 23.2 Å². The minimum atomic E-state index is -0.397. The van der Waals surface area contributed by atoms with Gasteiger partial charge >= 0.3 is 0 Å². The molecule has 0 spiro atoms. The molecule has 7 heteroatoms. The monoisotopic (exact) mass is 330 g/mol. The highest BCUT2D eigenvalue weighted by atomic mass is 19.1. The maximum Gasteiger partial charge on any atom is 0.261 e. The Balaban J connectivity index is 1.69. The van der Waals surface area contributed by atoms with Gasteiger partial charge in [-0.25, -0.2) is 14.4 Å². The fourth-order valence-electron chi connectivity index (χ4n) is 2.94. The van der Waals surface area contributed by atoms with Gasteiger partial charge in [-0.1, -0.05) is 6.07 Å². The van der Waals surface area contributed by atoms with Crippen LogP contribution in [0.15, 0.2) is 30.3 Å². The Morgan fingerprint density at radius 3 is 3.00 bits per heavy atom. The van der Waals surface area contributed by atoms with Crippen molar-refractivity contribution in [2.75, 3.05) is 18.9 Å². The van der Waals surface area contributed by atoms with Crippen molar-refractivity contribution in [1.29, 1.82) is 0 Å². The number of aryl methyl sites for hydroxylation is 1. The zero-order valence-corrected chi connectivity index (χ0v) is 13.4. The lowest BCUT2D eigenvalue weighted by Gasteiger charge is -2.24. The highest BCUT2D eigenvalue weighted by molar-refractivity contribution is 5.78. The summed E-state index contributed by atoms with van der Waals surface area (Å²) in [6.07, 6.45) is 1.71. The van der Waals surface area contributed by atoms with E-state index in [9.17, 15) is 9.18 Å². The molecule has 1 saturated heterocycles. The molecule has 1 fully saturated rings. The van der Waals surface area contributed by atoms with Crippen LogP contribution in [0.1, 0.15) is 30.4 Å². The summed E-state index contributed by atoms with van der Waals surface area (Å²) in [4.78, 5) is 22.7. The minimum Gasteiger partial charge on any atom is -0.484 e. The van der Waals surface area contributed by atoms with Gasteiger partial charge in [-0.15, -0.1) is 0 Å². The first-order valence-corrected chi connectivity index (χ1v) is 7.82. The summed E-state index contributed by atoms with van der Waals surface area (Å²) < 4.78 is 18.6. The first-order valence-electron chi connectivity index (χ1n) is 7.82. The number of halogens is 1. The summed E-state index contributed by atoms with van der Waals surface area (Å²) in [5.74, 6) is 0.761. The maximum atomic E-state index is 13.2. The van der Waals surface area contributed by atoms with Crippen molar-refractivity contribution in [3.63, 3.8) is 0 Å². The molecule has 1 aliphatic heterocycles. The lowest BCUT2D eigenvalue weighted by atomic mass is 10.1. The Morgan fingerprint density at radius 2 is 2.25 bits per heavy atom. The van der Waals surface area contributed by atoms with Crippen molar-refractivity contribution in [3.8, 4) is 5.75 Å². The van der Waals surface area contributed by atoms with Gasteiger partial charge in [0.2, 0.25) is 0 Å². The quantitative estimate of drug-likeness (QED) is 0.930. The number of nitrogen functional groups attached to an aromatic ring is 1. The van der Waals surface area contributed by atoms with Crippen molar-refractivity contribution in [1.82, 2.24) is 14.9 Å². The second-order valence-electron chi connectivity index (χ2n) is 5.76.